The van der Waals surface area contributed by atoms with Crippen molar-refractivity contribution in [1.82, 2.24) is 19.9 Å². The van der Waals surface area contributed by atoms with E-state index in [1.54, 1.807) is 18.5 Å². The lowest BCUT2D eigenvalue weighted by Crippen LogP contribution is -2.29. The number of nitrogens with two attached hydrogens (primary N) is 2. The summed E-state index contributed by atoms with van der Waals surface area (Å²) in [6, 6.07) is 9.26. The summed E-state index contributed by atoms with van der Waals surface area (Å²) in [4.78, 5) is 28.9. The van der Waals surface area contributed by atoms with Crippen LogP contribution in [-0.2, 0) is 0 Å². The van der Waals surface area contributed by atoms with E-state index in [1.165, 1.54) is 6.20 Å². The average Bonchev–Trinajstić information content (AvgIpc) is 2.73. The van der Waals surface area contributed by atoms with Crippen LogP contribution in [0.15, 0.2) is 48.9 Å². The van der Waals surface area contributed by atoms with E-state index >= 15 is 0 Å². The van der Waals surface area contributed by atoms with Crippen molar-refractivity contribution in [2.75, 3.05) is 17.2 Å². The highest BCUT2D eigenvalue weighted by Gasteiger charge is 2.14. The minimum atomic E-state index is -0.623. The lowest BCUT2D eigenvalue weighted by Gasteiger charge is -2.16. The van der Waals surface area contributed by atoms with Gasteiger partial charge in [-0.15, -0.1) is 0 Å². The van der Waals surface area contributed by atoms with Crippen molar-refractivity contribution >= 4 is 23.4 Å². The van der Waals surface area contributed by atoms with Gasteiger partial charge >= 0.3 is 0 Å². The van der Waals surface area contributed by atoms with Crippen LogP contribution in [0.2, 0.25) is 0 Å². The molecular formula is C19H22N8O. The van der Waals surface area contributed by atoms with Crippen LogP contribution in [-0.4, -0.2) is 38.4 Å². The summed E-state index contributed by atoms with van der Waals surface area (Å²) in [6.45, 7) is 2.46. The first kappa shape index (κ1) is 19.2. The van der Waals surface area contributed by atoms with Gasteiger partial charge in [0.2, 0.25) is 5.95 Å². The van der Waals surface area contributed by atoms with E-state index in [0.717, 1.165) is 12.0 Å². The summed E-state index contributed by atoms with van der Waals surface area (Å²) >= 11 is 0. The third-order valence-electron chi connectivity index (χ3n) is 4.11. The number of nitrogens with one attached hydrogen (secondary N) is 2. The molecule has 144 valence electrons. The Morgan fingerprint density at radius 3 is 2.64 bits per heavy atom. The van der Waals surface area contributed by atoms with Crippen molar-refractivity contribution < 1.29 is 4.79 Å². The van der Waals surface area contributed by atoms with Crippen LogP contribution in [0.25, 0.3) is 11.4 Å². The van der Waals surface area contributed by atoms with Gasteiger partial charge < -0.3 is 22.1 Å². The molecule has 0 saturated heterocycles. The Bertz CT molecular complexity index is 944. The Morgan fingerprint density at radius 1 is 1.18 bits per heavy atom. The summed E-state index contributed by atoms with van der Waals surface area (Å²) in [6.07, 6.45) is 5.57. The number of nitrogens with zero attached hydrogens (tertiary/aromatic N) is 4. The highest BCUT2D eigenvalue weighted by molar-refractivity contribution is 5.98. The summed E-state index contributed by atoms with van der Waals surface area (Å²) in [7, 11) is 0. The molecule has 28 heavy (non-hydrogen) atoms. The van der Waals surface area contributed by atoms with Crippen molar-refractivity contribution in [2.24, 2.45) is 11.5 Å². The molecule has 1 unspecified atom stereocenters. The van der Waals surface area contributed by atoms with Crippen molar-refractivity contribution in [3.05, 3.63) is 54.5 Å². The number of rotatable bonds is 8. The molecule has 0 saturated carbocycles. The maximum Gasteiger partial charge on any atom is 0.254 e. The van der Waals surface area contributed by atoms with E-state index in [4.69, 9.17) is 11.5 Å². The van der Waals surface area contributed by atoms with Gasteiger partial charge in [-0.1, -0.05) is 19.1 Å². The molecule has 0 aliphatic rings. The predicted octanol–water partition coefficient (Wildman–Crippen LogP) is 1.93. The molecule has 0 bridgehead atoms. The van der Waals surface area contributed by atoms with Crippen molar-refractivity contribution in [1.29, 1.82) is 0 Å². The van der Waals surface area contributed by atoms with E-state index in [0.29, 0.717) is 29.8 Å². The first-order valence-electron chi connectivity index (χ1n) is 8.88. The van der Waals surface area contributed by atoms with Gasteiger partial charge in [-0.3, -0.25) is 4.79 Å². The first-order chi connectivity index (χ1) is 13.6. The second kappa shape index (κ2) is 8.87. The number of primary amides is 1. The first-order valence-corrected chi connectivity index (χ1v) is 8.88. The molecule has 0 aliphatic heterocycles. The molecule has 6 N–H and O–H groups in total. The minimum absolute atomic E-state index is 0.0332. The van der Waals surface area contributed by atoms with Crippen molar-refractivity contribution in [2.45, 2.75) is 19.4 Å². The Morgan fingerprint density at radius 2 is 1.96 bits per heavy atom. The fourth-order valence-corrected chi connectivity index (χ4v) is 2.56. The van der Waals surface area contributed by atoms with Crippen LogP contribution in [0.5, 0.6) is 0 Å². The predicted molar refractivity (Wildman–Crippen MR) is 108 cm³/mol. The molecule has 1 amide bonds. The van der Waals surface area contributed by atoms with E-state index in [1.807, 2.05) is 31.2 Å². The maximum absolute atomic E-state index is 11.8. The molecule has 0 spiro atoms. The van der Waals surface area contributed by atoms with Gasteiger partial charge in [-0.2, -0.15) is 4.98 Å². The SMILES string of the molecule is CCC(CN)Nc1ncc(C(N)=O)c(Nc2cccc(-c3ncccn3)c2)n1. The normalized spacial score (nSPS) is 11.6. The van der Waals surface area contributed by atoms with Crippen LogP contribution in [0.1, 0.15) is 23.7 Å². The summed E-state index contributed by atoms with van der Waals surface area (Å²) < 4.78 is 0. The zero-order valence-electron chi connectivity index (χ0n) is 15.5. The monoisotopic (exact) mass is 378 g/mol. The minimum Gasteiger partial charge on any atom is -0.365 e. The van der Waals surface area contributed by atoms with Crippen LogP contribution in [0.4, 0.5) is 17.5 Å². The molecule has 2 heterocycles. The van der Waals surface area contributed by atoms with Gasteiger partial charge in [0.25, 0.3) is 5.91 Å². The van der Waals surface area contributed by atoms with Crippen molar-refractivity contribution in [3.8, 4) is 11.4 Å². The van der Waals surface area contributed by atoms with E-state index < -0.39 is 5.91 Å². The second-order valence-electron chi connectivity index (χ2n) is 6.08. The third kappa shape index (κ3) is 4.57. The molecule has 1 atom stereocenters. The molecule has 1 aromatic carbocycles. The zero-order valence-corrected chi connectivity index (χ0v) is 15.5. The van der Waals surface area contributed by atoms with Gasteiger partial charge in [0, 0.05) is 42.4 Å². The second-order valence-corrected chi connectivity index (χ2v) is 6.08. The standard InChI is InChI=1S/C19H22N8O/c1-2-13(10-20)26-19-24-11-15(16(21)28)18(27-19)25-14-6-3-5-12(9-14)17-22-7-4-8-23-17/h3-9,11,13H,2,10,20H2,1H3,(H2,21,28)(H2,24,25,26,27). The molecule has 0 fully saturated rings. The molecule has 3 aromatic rings. The lowest BCUT2D eigenvalue weighted by atomic mass is 10.2. The topological polar surface area (TPSA) is 145 Å². The van der Waals surface area contributed by atoms with E-state index in [-0.39, 0.29) is 11.6 Å². The molecule has 0 aliphatic carbocycles. The zero-order chi connectivity index (χ0) is 19.9. The number of hydrogen-bond donors (Lipinski definition) is 4. The number of hydrogen-bond acceptors (Lipinski definition) is 8. The van der Waals surface area contributed by atoms with Gasteiger partial charge in [0.1, 0.15) is 11.4 Å². The van der Waals surface area contributed by atoms with Crippen LogP contribution in [0.3, 0.4) is 0 Å². The molecule has 9 heteroatoms. The number of benzene rings is 1. The number of carbonyl (C=O) groups excluding carboxylic acids is 1. The number of aromatic nitrogens is 4. The molecule has 9 nitrogen and oxygen atoms in total. The van der Waals surface area contributed by atoms with Crippen LogP contribution >= 0.6 is 0 Å². The largest absolute Gasteiger partial charge is 0.365 e. The summed E-state index contributed by atoms with van der Waals surface area (Å²) in [5.41, 5.74) is 12.9. The van der Waals surface area contributed by atoms with Gasteiger partial charge in [-0.25, -0.2) is 15.0 Å². The smallest absolute Gasteiger partial charge is 0.254 e. The summed E-state index contributed by atoms with van der Waals surface area (Å²) in [5, 5.41) is 6.28. The number of anilines is 3. The quantitative estimate of drug-likeness (QED) is 0.465. The highest BCUT2D eigenvalue weighted by Crippen LogP contribution is 2.24. The fraction of sp³-hybridized carbons (Fsp3) is 0.211. The Balaban J connectivity index is 1.91. The van der Waals surface area contributed by atoms with Gasteiger partial charge in [0.15, 0.2) is 5.82 Å². The fourth-order valence-electron chi connectivity index (χ4n) is 2.56. The highest BCUT2D eigenvalue weighted by atomic mass is 16.1. The lowest BCUT2D eigenvalue weighted by molar-refractivity contribution is 0.100. The van der Waals surface area contributed by atoms with Gasteiger partial charge in [-0.05, 0) is 24.6 Å². The Hall–Kier alpha value is -3.59. The third-order valence-corrected chi connectivity index (χ3v) is 4.11. The maximum atomic E-state index is 11.8. The molecular weight excluding hydrogens is 356 g/mol. The van der Waals surface area contributed by atoms with Crippen molar-refractivity contribution in [3.63, 3.8) is 0 Å². The Labute approximate surface area is 162 Å². The average molecular weight is 378 g/mol. The Kier molecular flexibility index (Phi) is 6.07. The van der Waals surface area contributed by atoms with Crippen LogP contribution in [0, 0.1) is 0 Å². The number of carbonyl (C=O) groups is 1. The number of amides is 1. The summed E-state index contributed by atoms with van der Waals surface area (Å²) in [5.74, 6) is 0.651. The van der Waals surface area contributed by atoms with E-state index in [2.05, 4.69) is 30.6 Å². The van der Waals surface area contributed by atoms with E-state index in [9.17, 15) is 4.79 Å². The molecule has 2 aromatic heterocycles. The van der Waals surface area contributed by atoms with Crippen LogP contribution < -0.4 is 22.1 Å². The van der Waals surface area contributed by atoms with Gasteiger partial charge in [0.05, 0.1) is 0 Å². The molecule has 3 rings (SSSR count). The molecule has 0 radical (unpaired) electrons.